The van der Waals surface area contributed by atoms with E-state index in [0.29, 0.717) is 11.5 Å². The van der Waals surface area contributed by atoms with E-state index in [0.717, 1.165) is 28.8 Å². The van der Waals surface area contributed by atoms with E-state index >= 15 is 0 Å². The normalized spacial score (nSPS) is 10.6. The molecule has 0 aliphatic heterocycles. The van der Waals surface area contributed by atoms with E-state index < -0.39 is 0 Å². The average molecular weight is 309 g/mol. The minimum Gasteiger partial charge on any atom is -0.493 e. The number of nitrogens with zero attached hydrogens (tertiary/aromatic N) is 2. The van der Waals surface area contributed by atoms with E-state index in [2.05, 4.69) is 28.3 Å². The quantitative estimate of drug-likeness (QED) is 0.773. The van der Waals surface area contributed by atoms with Crippen molar-refractivity contribution in [2.45, 2.75) is 13.3 Å². The number of hydrogen-bond donors (Lipinski definition) is 1. The largest absolute Gasteiger partial charge is 0.493 e. The summed E-state index contributed by atoms with van der Waals surface area (Å²) in [5.74, 6) is 2.05. The van der Waals surface area contributed by atoms with E-state index in [4.69, 9.17) is 9.47 Å². The van der Waals surface area contributed by atoms with Gasteiger partial charge in [0.25, 0.3) is 0 Å². The molecular weight excluding hydrogens is 290 g/mol. The Balaban J connectivity index is 2.10. The van der Waals surface area contributed by atoms with Crippen LogP contribution in [-0.4, -0.2) is 24.2 Å². The molecule has 1 N–H and O–H groups in total. The summed E-state index contributed by atoms with van der Waals surface area (Å²) in [6.07, 6.45) is 2.49. The molecule has 1 heterocycles. The van der Waals surface area contributed by atoms with Gasteiger partial charge in [-0.3, -0.25) is 0 Å². The van der Waals surface area contributed by atoms with Crippen molar-refractivity contribution in [1.82, 2.24) is 9.97 Å². The van der Waals surface area contributed by atoms with Crippen molar-refractivity contribution in [1.29, 1.82) is 0 Å². The van der Waals surface area contributed by atoms with Crippen LogP contribution in [0.5, 0.6) is 11.5 Å². The molecule has 0 unspecified atom stereocenters. The fraction of sp³-hybridized carbons (Fsp3) is 0.222. The van der Waals surface area contributed by atoms with Crippen LogP contribution in [0.4, 0.5) is 11.5 Å². The van der Waals surface area contributed by atoms with Gasteiger partial charge in [0, 0.05) is 17.1 Å². The number of fused-ring (bicyclic) bond motifs is 1. The van der Waals surface area contributed by atoms with Crippen molar-refractivity contribution in [3.05, 3.63) is 48.3 Å². The summed E-state index contributed by atoms with van der Waals surface area (Å²) in [7, 11) is 3.23. The highest BCUT2D eigenvalue weighted by atomic mass is 16.5. The van der Waals surface area contributed by atoms with Crippen LogP contribution in [0, 0.1) is 0 Å². The van der Waals surface area contributed by atoms with Gasteiger partial charge in [0.15, 0.2) is 11.5 Å². The average Bonchev–Trinajstić information content (AvgIpc) is 2.61. The standard InChI is InChI=1S/C18H19N3O2/c1-4-12-7-5-6-8-14(12)21-18-13-9-16(22-2)17(23-3)10-15(13)19-11-20-18/h5-11H,4H2,1-3H3,(H,19,20,21). The van der Waals surface area contributed by atoms with E-state index in [1.54, 1.807) is 20.5 Å². The molecule has 0 bridgehead atoms. The minimum absolute atomic E-state index is 0.651. The van der Waals surface area contributed by atoms with Crippen molar-refractivity contribution >= 4 is 22.4 Å². The zero-order chi connectivity index (χ0) is 16.2. The zero-order valence-corrected chi connectivity index (χ0v) is 13.5. The molecule has 0 atom stereocenters. The molecule has 0 aliphatic rings. The second kappa shape index (κ2) is 6.52. The molecule has 0 fully saturated rings. The summed E-state index contributed by atoms with van der Waals surface area (Å²) < 4.78 is 10.7. The second-order valence-corrected chi connectivity index (χ2v) is 5.08. The van der Waals surface area contributed by atoms with Crippen LogP contribution in [0.1, 0.15) is 12.5 Å². The van der Waals surface area contributed by atoms with E-state index in [1.165, 1.54) is 5.56 Å². The number of aromatic nitrogens is 2. The predicted octanol–water partition coefficient (Wildman–Crippen LogP) is 3.95. The molecule has 23 heavy (non-hydrogen) atoms. The SMILES string of the molecule is CCc1ccccc1Nc1ncnc2cc(OC)c(OC)cc12. The maximum atomic E-state index is 5.39. The third-order valence-electron chi connectivity index (χ3n) is 3.79. The Hall–Kier alpha value is -2.82. The molecule has 0 amide bonds. The smallest absolute Gasteiger partial charge is 0.162 e. The van der Waals surface area contributed by atoms with Crippen LogP contribution in [-0.2, 0) is 6.42 Å². The van der Waals surface area contributed by atoms with E-state index in [9.17, 15) is 0 Å². The Morgan fingerprint density at radius 1 is 1.00 bits per heavy atom. The van der Waals surface area contributed by atoms with Crippen LogP contribution >= 0.6 is 0 Å². The topological polar surface area (TPSA) is 56.3 Å². The van der Waals surface area contributed by atoms with Gasteiger partial charge < -0.3 is 14.8 Å². The number of methoxy groups -OCH3 is 2. The van der Waals surface area contributed by atoms with Gasteiger partial charge in [-0.2, -0.15) is 0 Å². The number of ether oxygens (including phenoxy) is 2. The molecule has 3 aromatic rings. The third-order valence-corrected chi connectivity index (χ3v) is 3.79. The first-order chi connectivity index (χ1) is 11.3. The van der Waals surface area contributed by atoms with Crippen LogP contribution < -0.4 is 14.8 Å². The fourth-order valence-corrected chi connectivity index (χ4v) is 2.56. The van der Waals surface area contributed by atoms with Crippen molar-refractivity contribution in [2.24, 2.45) is 0 Å². The molecule has 0 aliphatic carbocycles. The minimum atomic E-state index is 0.651. The van der Waals surface area contributed by atoms with Gasteiger partial charge in [-0.15, -0.1) is 0 Å². The highest BCUT2D eigenvalue weighted by Crippen LogP contribution is 2.34. The lowest BCUT2D eigenvalue weighted by atomic mass is 10.1. The van der Waals surface area contributed by atoms with Gasteiger partial charge in [-0.25, -0.2) is 9.97 Å². The molecule has 2 aromatic carbocycles. The van der Waals surface area contributed by atoms with Crippen molar-refractivity contribution in [3.63, 3.8) is 0 Å². The first kappa shape index (κ1) is 15.1. The Bertz CT molecular complexity index is 834. The van der Waals surface area contributed by atoms with Crippen LogP contribution in [0.25, 0.3) is 10.9 Å². The van der Waals surface area contributed by atoms with Crippen molar-refractivity contribution in [3.8, 4) is 11.5 Å². The number of anilines is 2. The number of benzene rings is 2. The van der Waals surface area contributed by atoms with Crippen LogP contribution in [0.2, 0.25) is 0 Å². The van der Waals surface area contributed by atoms with Gasteiger partial charge >= 0.3 is 0 Å². The fourth-order valence-electron chi connectivity index (χ4n) is 2.56. The van der Waals surface area contributed by atoms with Gasteiger partial charge in [0.2, 0.25) is 0 Å². The van der Waals surface area contributed by atoms with E-state index in [1.807, 2.05) is 30.3 Å². The highest BCUT2D eigenvalue weighted by Gasteiger charge is 2.11. The highest BCUT2D eigenvalue weighted by molar-refractivity contribution is 5.93. The third kappa shape index (κ3) is 2.90. The number of nitrogens with one attached hydrogen (secondary N) is 1. The monoisotopic (exact) mass is 309 g/mol. The number of hydrogen-bond acceptors (Lipinski definition) is 5. The van der Waals surface area contributed by atoms with Gasteiger partial charge in [0.1, 0.15) is 12.1 Å². The lowest BCUT2D eigenvalue weighted by Crippen LogP contribution is -2.00. The van der Waals surface area contributed by atoms with Crippen LogP contribution in [0.15, 0.2) is 42.7 Å². The zero-order valence-electron chi connectivity index (χ0n) is 13.5. The second-order valence-electron chi connectivity index (χ2n) is 5.08. The van der Waals surface area contributed by atoms with Crippen molar-refractivity contribution < 1.29 is 9.47 Å². The molecule has 118 valence electrons. The summed E-state index contributed by atoms with van der Waals surface area (Å²) in [5.41, 5.74) is 3.08. The maximum Gasteiger partial charge on any atom is 0.162 e. The molecule has 3 rings (SSSR count). The number of para-hydroxylation sites is 1. The summed E-state index contributed by atoms with van der Waals surface area (Å²) in [6, 6.07) is 11.9. The van der Waals surface area contributed by atoms with Gasteiger partial charge in [-0.1, -0.05) is 25.1 Å². The molecule has 0 saturated carbocycles. The molecule has 0 spiro atoms. The first-order valence-electron chi connectivity index (χ1n) is 7.48. The molecule has 1 aromatic heterocycles. The molecule has 5 nitrogen and oxygen atoms in total. The summed E-state index contributed by atoms with van der Waals surface area (Å²) in [4.78, 5) is 8.71. The predicted molar refractivity (Wildman–Crippen MR) is 91.7 cm³/mol. The lowest BCUT2D eigenvalue weighted by molar-refractivity contribution is 0.356. The molecule has 0 radical (unpaired) electrons. The van der Waals surface area contributed by atoms with Gasteiger partial charge in [0.05, 0.1) is 19.7 Å². The van der Waals surface area contributed by atoms with Gasteiger partial charge in [-0.05, 0) is 24.1 Å². The van der Waals surface area contributed by atoms with Crippen molar-refractivity contribution in [2.75, 3.05) is 19.5 Å². The number of aryl methyl sites for hydroxylation is 1. The molecular formula is C18H19N3O2. The van der Waals surface area contributed by atoms with Crippen LogP contribution in [0.3, 0.4) is 0 Å². The summed E-state index contributed by atoms with van der Waals surface area (Å²) in [5, 5.41) is 4.29. The Morgan fingerprint density at radius 2 is 1.74 bits per heavy atom. The first-order valence-corrected chi connectivity index (χ1v) is 7.48. The lowest BCUT2D eigenvalue weighted by Gasteiger charge is -2.13. The summed E-state index contributed by atoms with van der Waals surface area (Å²) >= 11 is 0. The molecule has 5 heteroatoms. The van der Waals surface area contributed by atoms with E-state index in [-0.39, 0.29) is 0 Å². The maximum absolute atomic E-state index is 5.39. The Kier molecular flexibility index (Phi) is 4.28. The number of rotatable bonds is 5. The summed E-state index contributed by atoms with van der Waals surface area (Å²) in [6.45, 7) is 2.13. The molecule has 0 saturated heterocycles. The Labute approximate surface area is 135 Å². The Morgan fingerprint density at radius 3 is 2.48 bits per heavy atom.